The summed E-state index contributed by atoms with van der Waals surface area (Å²) in [6.07, 6.45) is -0.632. The molecule has 0 radical (unpaired) electrons. The molecule has 31 heavy (non-hydrogen) atoms. The highest BCUT2D eigenvalue weighted by atomic mass is 32.2. The van der Waals surface area contributed by atoms with Crippen molar-refractivity contribution in [1.82, 2.24) is 9.80 Å². The Morgan fingerprint density at radius 1 is 1.10 bits per heavy atom. The molecule has 2 aromatic rings. The fraction of sp³-hybridized carbons (Fsp3) is 0.375. The van der Waals surface area contributed by atoms with Crippen LogP contribution in [0.15, 0.2) is 65.6 Å². The van der Waals surface area contributed by atoms with Crippen molar-refractivity contribution in [3.8, 4) is 0 Å². The van der Waals surface area contributed by atoms with Gasteiger partial charge < -0.3 is 10.0 Å². The lowest BCUT2D eigenvalue weighted by Gasteiger charge is -2.41. The van der Waals surface area contributed by atoms with Gasteiger partial charge in [-0.1, -0.05) is 60.3 Å². The molecule has 6 nitrogen and oxygen atoms in total. The van der Waals surface area contributed by atoms with E-state index in [1.807, 2.05) is 60.7 Å². The topological polar surface area (TPSA) is 77.9 Å². The van der Waals surface area contributed by atoms with E-state index >= 15 is 0 Å². The number of nitrogens with zero attached hydrogens (tertiary/aromatic N) is 2. The van der Waals surface area contributed by atoms with E-state index in [0.717, 1.165) is 10.5 Å². The Labute approximate surface area is 187 Å². The zero-order valence-electron chi connectivity index (χ0n) is 18.0. The SMILES string of the molecule is CC(C)(C)N(C(=O)O)[C@@H](Cc1ccccc1)C(=O)N1CCC(=O)[C@@H]1Sc1ccccc1. The highest BCUT2D eigenvalue weighted by Gasteiger charge is 2.44. The lowest BCUT2D eigenvalue weighted by Crippen LogP contribution is -2.58. The van der Waals surface area contributed by atoms with Crippen molar-refractivity contribution in [3.05, 3.63) is 66.2 Å². The molecule has 0 aromatic heterocycles. The fourth-order valence-electron chi connectivity index (χ4n) is 3.83. The van der Waals surface area contributed by atoms with Crippen LogP contribution in [0.3, 0.4) is 0 Å². The quantitative estimate of drug-likeness (QED) is 0.725. The van der Waals surface area contributed by atoms with E-state index in [2.05, 4.69) is 0 Å². The van der Waals surface area contributed by atoms with Gasteiger partial charge in [0, 0.05) is 29.8 Å². The number of benzene rings is 2. The smallest absolute Gasteiger partial charge is 0.408 e. The van der Waals surface area contributed by atoms with Crippen molar-refractivity contribution < 1.29 is 19.5 Å². The Morgan fingerprint density at radius 2 is 1.68 bits per heavy atom. The molecular weight excluding hydrogens is 412 g/mol. The average Bonchev–Trinajstić information content (AvgIpc) is 3.07. The van der Waals surface area contributed by atoms with Crippen molar-refractivity contribution in [2.45, 2.75) is 55.5 Å². The van der Waals surface area contributed by atoms with Crippen molar-refractivity contribution in [3.63, 3.8) is 0 Å². The third kappa shape index (κ3) is 5.47. The van der Waals surface area contributed by atoms with Gasteiger partial charge in [0.15, 0.2) is 5.78 Å². The van der Waals surface area contributed by atoms with Crippen LogP contribution in [-0.4, -0.2) is 56.2 Å². The summed E-state index contributed by atoms with van der Waals surface area (Å²) in [5.41, 5.74) is 0.0846. The Bertz CT molecular complexity index is 928. The number of carbonyl (C=O) groups is 3. The molecule has 2 aromatic carbocycles. The van der Waals surface area contributed by atoms with E-state index in [1.54, 1.807) is 25.7 Å². The molecule has 3 rings (SSSR count). The molecule has 1 fully saturated rings. The number of carbonyl (C=O) groups excluding carboxylic acids is 2. The van der Waals surface area contributed by atoms with Crippen LogP contribution in [-0.2, 0) is 16.0 Å². The first kappa shape index (κ1) is 22.9. The molecule has 1 heterocycles. The molecule has 2 atom stereocenters. The van der Waals surface area contributed by atoms with Crippen LogP contribution in [0.1, 0.15) is 32.8 Å². The molecule has 2 amide bonds. The van der Waals surface area contributed by atoms with Crippen molar-refractivity contribution >= 4 is 29.5 Å². The Morgan fingerprint density at radius 3 is 2.23 bits per heavy atom. The van der Waals surface area contributed by atoms with Gasteiger partial charge in [0.25, 0.3) is 0 Å². The second kappa shape index (κ2) is 9.56. The third-order valence-corrected chi connectivity index (χ3v) is 6.51. The van der Waals surface area contributed by atoms with Crippen molar-refractivity contribution in [2.75, 3.05) is 6.54 Å². The number of thioether (sulfide) groups is 1. The van der Waals surface area contributed by atoms with Gasteiger partial charge in [0.2, 0.25) is 5.91 Å². The molecule has 7 heteroatoms. The summed E-state index contributed by atoms with van der Waals surface area (Å²) in [5, 5.41) is 9.34. The van der Waals surface area contributed by atoms with E-state index in [-0.39, 0.29) is 24.5 Å². The molecule has 0 saturated carbocycles. The first-order chi connectivity index (χ1) is 14.7. The molecule has 1 saturated heterocycles. The lowest BCUT2D eigenvalue weighted by molar-refractivity contribution is -0.138. The van der Waals surface area contributed by atoms with Gasteiger partial charge in [0.05, 0.1) is 0 Å². The Hall–Kier alpha value is -2.80. The number of hydrogen-bond donors (Lipinski definition) is 1. The van der Waals surface area contributed by atoms with Crippen LogP contribution < -0.4 is 0 Å². The highest BCUT2D eigenvalue weighted by molar-refractivity contribution is 8.00. The summed E-state index contributed by atoms with van der Waals surface area (Å²) >= 11 is 1.34. The van der Waals surface area contributed by atoms with Gasteiger partial charge in [-0.05, 0) is 38.5 Å². The Balaban J connectivity index is 1.94. The van der Waals surface area contributed by atoms with Crippen LogP contribution in [0.5, 0.6) is 0 Å². The van der Waals surface area contributed by atoms with Crippen molar-refractivity contribution in [1.29, 1.82) is 0 Å². The summed E-state index contributed by atoms with van der Waals surface area (Å²) < 4.78 is 0. The predicted molar refractivity (Wildman–Crippen MR) is 121 cm³/mol. The van der Waals surface area contributed by atoms with Gasteiger partial charge in [0.1, 0.15) is 11.4 Å². The van der Waals surface area contributed by atoms with E-state index in [9.17, 15) is 19.5 Å². The minimum absolute atomic E-state index is 0.0155. The number of carboxylic acid groups (broad SMARTS) is 1. The minimum Gasteiger partial charge on any atom is -0.465 e. The Kier molecular flexibility index (Phi) is 7.05. The van der Waals surface area contributed by atoms with Gasteiger partial charge in [-0.25, -0.2) is 4.79 Å². The maximum Gasteiger partial charge on any atom is 0.408 e. The second-order valence-corrected chi connectivity index (χ2v) is 9.71. The summed E-state index contributed by atoms with van der Waals surface area (Å²) in [7, 11) is 0. The first-order valence-electron chi connectivity index (χ1n) is 10.3. The molecule has 164 valence electrons. The normalized spacial score (nSPS) is 17.5. The second-order valence-electron chi connectivity index (χ2n) is 8.56. The number of rotatable bonds is 6. The number of hydrogen-bond acceptors (Lipinski definition) is 4. The first-order valence-corrected chi connectivity index (χ1v) is 11.2. The minimum atomic E-state index is -1.15. The monoisotopic (exact) mass is 440 g/mol. The van der Waals surface area contributed by atoms with Crippen LogP contribution in [0.2, 0.25) is 0 Å². The third-order valence-electron chi connectivity index (χ3n) is 5.23. The predicted octanol–water partition coefficient (Wildman–Crippen LogP) is 4.30. The van der Waals surface area contributed by atoms with E-state index < -0.39 is 23.0 Å². The number of ketones is 1. The van der Waals surface area contributed by atoms with Crippen LogP contribution in [0.25, 0.3) is 0 Å². The number of Topliss-reactive ketones (excluding diaryl/α,β-unsaturated/α-hetero) is 1. The summed E-state index contributed by atoms with van der Waals surface area (Å²) in [4.78, 5) is 42.3. The zero-order chi connectivity index (χ0) is 22.6. The van der Waals surface area contributed by atoms with Crippen LogP contribution in [0, 0.1) is 0 Å². The van der Waals surface area contributed by atoms with Gasteiger partial charge in [-0.15, -0.1) is 0 Å². The lowest BCUT2D eigenvalue weighted by atomic mass is 9.97. The summed E-state index contributed by atoms with van der Waals surface area (Å²) in [6.45, 7) is 5.62. The number of amides is 2. The van der Waals surface area contributed by atoms with Gasteiger partial charge in [-0.3, -0.25) is 14.5 Å². The maximum absolute atomic E-state index is 13.7. The zero-order valence-corrected chi connectivity index (χ0v) is 18.8. The van der Waals surface area contributed by atoms with E-state index in [0.29, 0.717) is 6.54 Å². The summed E-state index contributed by atoms with van der Waals surface area (Å²) in [6, 6.07) is 17.9. The summed E-state index contributed by atoms with van der Waals surface area (Å²) in [5.74, 6) is -0.348. The molecule has 1 aliphatic heterocycles. The van der Waals surface area contributed by atoms with E-state index in [1.165, 1.54) is 16.7 Å². The molecule has 0 aliphatic carbocycles. The standard InChI is InChI=1S/C24H28N2O4S/c1-24(2,3)26(23(29)30)19(16-17-10-6-4-7-11-17)21(28)25-15-14-20(27)22(25)31-18-12-8-5-9-13-18/h4-13,19,22H,14-16H2,1-3H3,(H,29,30)/t19-,22-/m0/s1. The van der Waals surface area contributed by atoms with Gasteiger partial charge >= 0.3 is 6.09 Å². The van der Waals surface area contributed by atoms with Crippen LogP contribution in [0.4, 0.5) is 4.79 Å². The largest absolute Gasteiger partial charge is 0.465 e. The molecule has 1 aliphatic rings. The fourth-order valence-corrected chi connectivity index (χ4v) is 4.99. The van der Waals surface area contributed by atoms with Crippen LogP contribution >= 0.6 is 11.8 Å². The highest BCUT2D eigenvalue weighted by Crippen LogP contribution is 2.33. The maximum atomic E-state index is 13.7. The molecule has 0 unspecified atom stereocenters. The number of likely N-dealkylation sites (tertiary alicyclic amines) is 1. The molecule has 1 N–H and O–H groups in total. The average molecular weight is 441 g/mol. The molecule has 0 spiro atoms. The molecular formula is C24H28N2O4S. The molecule has 0 bridgehead atoms. The van der Waals surface area contributed by atoms with E-state index in [4.69, 9.17) is 0 Å². The van der Waals surface area contributed by atoms with Crippen molar-refractivity contribution in [2.24, 2.45) is 0 Å². The van der Waals surface area contributed by atoms with Gasteiger partial charge in [-0.2, -0.15) is 0 Å².